The molecular formula is C32H54Cl4N20O2. The molecule has 322 valence electrons. The van der Waals surface area contributed by atoms with E-state index in [1.165, 1.54) is 19.9 Å². The Morgan fingerprint density at radius 2 is 0.931 bits per heavy atom. The van der Waals surface area contributed by atoms with E-state index in [1.807, 2.05) is 6.92 Å². The first-order chi connectivity index (χ1) is 25.4. The number of benzene rings is 2. The van der Waals surface area contributed by atoms with Gasteiger partial charge in [0.05, 0.1) is 11.4 Å². The zero-order valence-corrected chi connectivity index (χ0v) is 35.8. The number of ketones is 2. The van der Waals surface area contributed by atoms with E-state index in [0.29, 0.717) is 71.0 Å². The first-order valence-electron chi connectivity index (χ1n) is 16.3. The molecular weight excluding hydrogens is 838 g/mol. The fourth-order valence-corrected chi connectivity index (χ4v) is 4.29. The molecule has 0 aliphatic heterocycles. The molecule has 22 nitrogen and oxygen atoms in total. The van der Waals surface area contributed by atoms with E-state index in [4.69, 9.17) is 45.9 Å². The Morgan fingerprint density at radius 1 is 0.552 bits per heavy atom. The van der Waals surface area contributed by atoms with Gasteiger partial charge in [-0.2, -0.15) is 10.2 Å². The third-order valence-corrected chi connectivity index (χ3v) is 6.94. The molecule has 0 saturated heterocycles. The first kappa shape index (κ1) is 56.2. The smallest absolute Gasteiger partial charge is 0.216 e. The molecule has 0 spiro atoms. The molecule has 1 unspecified atom stereocenters. The number of carbonyl (C=O) groups is 2. The average Bonchev–Trinajstić information content (AvgIpc) is 3.10. The van der Waals surface area contributed by atoms with Crippen molar-refractivity contribution in [3.8, 4) is 0 Å². The van der Waals surface area contributed by atoms with E-state index in [-0.39, 0.29) is 103 Å². The number of nitrogens with two attached hydrogens (primary N) is 8. The summed E-state index contributed by atoms with van der Waals surface area (Å²) < 4.78 is 0. The molecule has 0 heterocycles. The zero-order valence-electron chi connectivity index (χ0n) is 32.5. The lowest BCUT2D eigenvalue weighted by Gasteiger charge is -2.14. The monoisotopic (exact) mass is 890 g/mol. The van der Waals surface area contributed by atoms with E-state index in [9.17, 15) is 9.59 Å². The van der Waals surface area contributed by atoms with Crippen molar-refractivity contribution in [1.29, 1.82) is 0 Å². The van der Waals surface area contributed by atoms with Gasteiger partial charge >= 0.3 is 0 Å². The fraction of sp³-hybridized carbons (Fsp3) is 0.312. The van der Waals surface area contributed by atoms with Gasteiger partial charge in [-0.25, -0.2) is 10.9 Å². The number of Topliss-reactive ketones (excluding diaryl/α,β-unsaturated/α-hetero) is 2. The molecule has 2 rings (SSSR count). The molecule has 0 aliphatic carbocycles. The lowest BCUT2D eigenvalue weighted by Crippen LogP contribution is -2.33. The minimum Gasteiger partial charge on any atom is -0.369 e. The van der Waals surface area contributed by atoms with E-state index < -0.39 is 0 Å². The van der Waals surface area contributed by atoms with Crippen LogP contribution in [0.4, 0.5) is 11.4 Å². The molecule has 2 aromatic carbocycles. The van der Waals surface area contributed by atoms with Crippen LogP contribution in [0, 0.1) is 5.92 Å². The van der Waals surface area contributed by atoms with Gasteiger partial charge in [-0.05, 0) is 82.9 Å². The maximum atomic E-state index is 12.1. The van der Waals surface area contributed by atoms with Crippen molar-refractivity contribution in [2.45, 2.75) is 47.5 Å². The summed E-state index contributed by atoms with van der Waals surface area (Å²) in [6.07, 6.45) is 1.37. The molecule has 58 heavy (non-hydrogen) atoms. The second-order valence-corrected chi connectivity index (χ2v) is 11.8. The van der Waals surface area contributed by atoms with Crippen LogP contribution in [-0.2, 0) is 0 Å². The van der Waals surface area contributed by atoms with Gasteiger partial charge in [0, 0.05) is 46.7 Å². The molecule has 0 aliphatic rings. The van der Waals surface area contributed by atoms with Crippen LogP contribution < -0.4 is 67.4 Å². The number of hydrazone groups is 2. The Hall–Kier alpha value is -6.10. The number of hydrogen-bond donors (Lipinski definition) is 12. The molecule has 26 heteroatoms. The lowest BCUT2D eigenvalue weighted by atomic mass is 10.0. The number of anilines is 2. The lowest BCUT2D eigenvalue weighted by molar-refractivity contribution is 0.101. The van der Waals surface area contributed by atoms with Crippen LogP contribution >= 0.6 is 49.6 Å². The Kier molecular flexibility index (Phi) is 27.5. The topological polar surface area (TPSA) is 389 Å². The number of nitrogens with one attached hydrogen (secondary N) is 4. The van der Waals surface area contributed by atoms with Gasteiger partial charge in [0.1, 0.15) is 0 Å². The average molecular weight is 893 g/mol. The van der Waals surface area contributed by atoms with E-state index in [0.717, 1.165) is 0 Å². The highest BCUT2D eigenvalue weighted by molar-refractivity contribution is 6.07. The molecule has 0 saturated carbocycles. The number of aliphatic imine (C=N–C) groups is 2. The maximum Gasteiger partial charge on any atom is 0.216 e. The van der Waals surface area contributed by atoms with Crippen molar-refractivity contribution >= 4 is 120 Å². The number of halogens is 4. The minimum absolute atomic E-state index is 0. The van der Waals surface area contributed by atoms with Crippen molar-refractivity contribution in [1.82, 2.24) is 10.9 Å². The summed E-state index contributed by atoms with van der Waals surface area (Å²) >= 11 is 0. The quantitative estimate of drug-likeness (QED) is 0.0368. The molecule has 0 radical (unpaired) electrons. The molecule has 0 aromatic heterocycles. The molecule has 1 atom stereocenters. The van der Waals surface area contributed by atoms with E-state index in [2.05, 4.69) is 62.1 Å². The van der Waals surface area contributed by atoms with Gasteiger partial charge in [-0.3, -0.25) is 19.6 Å². The van der Waals surface area contributed by atoms with Crippen LogP contribution in [0.2, 0.25) is 0 Å². The second-order valence-electron chi connectivity index (χ2n) is 11.8. The Morgan fingerprint density at radius 3 is 1.31 bits per heavy atom. The Balaban J connectivity index is -0.00000756. The van der Waals surface area contributed by atoms with Crippen LogP contribution in [0.25, 0.3) is 0 Å². The first-order valence-corrected chi connectivity index (χ1v) is 16.3. The van der Waals surface area contributed by atoms with Gasteiger partial charge in [0.15, 0.2) is 11.6 Å². The third-order valence-electron chi connectivity index (χ3n) is 6.94. The highest BCUT2D eigenvalue weighted by Crippen LogP contribution is 2.19. The van der Waals surface area contributed by atoms with Crippen LogP contribution in [0.3, 0.4) is 0 Å². The van der Waals surface area contributed by atoms with Crippen molar-refractivity contribution in [2.75, 3.05) is 23.7 Å². The minimum atomic E-state index is -0.220. The fourth-order valence-electron chi connectivity index (χ4n) is 4.29. The normalized spacial score (nSPS) is 11.6. The number of hydrogen-bond acceptors (Lipinski definition) is 10. The Labute approximate surface area is 361 Å². The predicted octanol–water partition coefficient (Wildman–Crippen LogP) is 0.982. The molecule has 0 amide bonds. The van der Waals surface area contributed by atoms with Crippen LogP contribution in [-0.4, -0.2) is 71.8 Å². The van der Waals surface area contributed by atoms with Crippen molar-refractivity contribution < 1.29 is 9.59 Å². The van der Waals surface area contributed by atoms with Crippen molar-refractivity contribution in [3.05, 3.63) is 58.7 Å². The third kappa shape index (κ3) is 21.8. The van der Waals surface area contributed by atoms with Gasteiger partial charge in [-0.15, -0.1) is 70.0 Å². The number of rotatable bonds is 16. The van der Waals surface area contributed by atoms with Crippen molar-refractivity contribution in [3.63, 3.8) is 0 Å². The van der Waals surface area contributed by atoms with Gasteiger partial charge in [0.25, 0.3) is 0 Å². The molecule has 0 bridgehead atoms. The van der Waals surface area contributed by atoms with Gasteiger partial charge in [-0.1, -0.05) is 6.92 Å². The number of nitrogens with zero attached hydrogens (tertiary/aromatic N) is 8. The van der Waals surface area contributed by atoms with Gasteiger partial charge in [0.2, 0.25) is 35.8 Å². The molecule has 2 aromatic rings. The molecule has 0 fully saturated rings. The highest BCUT2D eigenvalue weighted by atomic mass is 35.5. The summed E-state index contributed by atoms with van der Waals surface area (Å²) in [4.78, 5) is 33.3. The zero-order chi connectivity index (χ0) is 40.4. The van der Waals surface area contributed by atoms with Crippen molar-refractivity contribution in [2.24, 2.45) is 92.4 Å². The van der Waals surface area contributed by atoms with E-state index in [1.54, 1.807) is 44.2 Å². The summed E-state index contributed by atoms with van der Waals surface area (Å²) in [5, 5.41) is 29.5. The summed E-state index contributed by atoms with van der Waals surface area (Å²) in [5.74, 6) is -0.722. The predicted molar refractivity (Wildman–Crippen MR) is 246 cm³/mol. The summed E-state index contributed by atoms with van der Waals surface area (Å²) in [6.45, 7) is 9.01. The SMILES string of the molecule is CC(=O)c1cc(NC(=NCC(C)CCCN=C(NN=C(N)N)Nc2cc(C(C)=NN=C(N)N)cc(C(C)=NN=C(N)N)c2)NN=C(N)N)cc(C(C)=O)c1.Cl.Cl.Cl.Cl. The standard InChI is InChI=1S/C32H50N20O2.4ClH/c1-16(15-42-32(52-50-30(39)40)44-26-13-23(19(4)53)10-24(14-26)20(5)54)7-6-8-41-31(51-49-29(37)38)43-25-11-21(17(2)45-47-27(33)34)9-22(12-25)18(3)46-48-28(35)36;;;;/h9-14,16H,6-8,15H2,1-5H3,(H4,33,34,47)(H4,35,36,48)(H4,37,38,49)(H4,39,40,50)(H2,41,43,51)(H2,42,44,52);4*1H. The number of carbonyl (C=O) groups excluding carboxylic acids is 2. The highest BCUT2D eigenvalue weighted by Gasteiger charge is 2.12. The van der Waals surface area contributed by atoms with Gasteiger partial charge < -0.3 is 56.5 Å². The van der Waals surface area contributed by atoms with Crippen LogP contribution in [0.5, 0.6) is 0 Å². The second kappa shape index (κ2) is 28.3. The Bertz CT molecular complexity index is 1830. The summed E-state index contributed by atoms with van der Waals surface area (Å²) in [7, 11) is 0. The maximum absolute atomic E-state index is 12.1. The van der Waals surface area contributed by atoms with E-state index >= 15 is 0 Å². The molecule has 20 N–H and O–H groups in total. The summed E-state index contributed by atoms with van der Waals surface area (Å²) in [6, 6.07) is 10.1. The largest absolute Gasteiger partial charge is 0.369 e. The number of guanidine groups is 6. The van der Waals surface area contributed by atoms with Crippen LogP contribution in [0.15, 0.2) is 77.0 Å². The summed E-state index contributed by atoms with van der Waals surface area (Å²) in [5.41, 5.74) is 53.4. The van der Waals surface area contributed by atoms with Crippen LogP contribution in [0.1, 0.15) is 79.3 Å².